The number of halogens is 2. The number of amides is 2. The summed E-state index contributed by atoms with van der Waals surface area (Å²) in [6, 6.07) is 9.31. The minimum atomic E-state index is -0.665. The summed E-state index contributed by atoms with van der Waals surface area (Å²) in [6.07, 6.45) is 2.06. The number of nitrogens with two attached hydrogens (primary N) is 1. The Morgan fingerprint density at radius 2 is 1.90 bits per heavy atom. The van der Waals surface area contributed by atoms with Crippen molar-refractivity contribution in [2.75, 3.05) is 11.9 Å². The number of ketones is 1. The van der Waals surface area contributed by atoms with Gasteiger partial charge in [-0.15, -0.1) is 12.4 Å². The number of nitrogens with one attached hydrogen (secondary N) is 2. The van der Waals surface area contributed by atoms with Crippen molar-refractivity contribution in [3.63, 3.8) is 0 Å². The Hall–Kier alpha value is -2.29. The SMILES string of the molecule is CC(C)C[C@H](N)C(=O)NCC(=O)Nc1ccc(Br)cc1C(=O)c1ccccn1.Cl. The second-order valence-corrected chi connectivity index (χ2v) is 7.65. The summed E-state index contributed by atoms with van der Waals surface area (Å²) in [7, 11) is 0. The average Bonchev–Trinajstić information content (AvgIpc) is 2.67. The second kappa shape index (κ2) is 11.6. The lowest BCUT2D eigenvalue weighted by molar-refractivity contribution is -0.125. The molecular weight excluding hydrogens is 460 g/mol. The standard InChI is InChI=1S/C20H23BrN4O3.ClH/c1-12(2)9-15(22)20(28)24-11-18(26)25-16-7-6-13(21)10-14(16)19(27)17-5-3-4-8-23-17;/h3-8,10,12,15H,9,11,22H2,1-2H3,(H,24,28)(H,25,26);1H/t15-;/m0./s1. The molecule has 156 valence electrons. The molecule has 1 heterocycles. The van der Waals surface area contributed by atoms with Crippen LogP contribution in [0, 0.1) is 5.92 Å². The smallest absolute Gasteiger partial charge is 0.243 e. The molecule has 0 spiro atoms. The Kier molecular flexibility index (Phi) is 9.94. The van der Waals surface area contributed by atoms with Gasteiger partial charge < -0.3 is 16.4 Å². The number of rotatable bonds is 8. The topological polar surface area (TPSA) is 114 Å². The van der Waals surface area contributed by atoms with E-state index in [2.05, 4.69) is 31.5 Å². The molecule has 2 rings (SSSR count). The molecule has 0 aliphatic rings. The number of carbonyl (C=O) groups is 3. The minimum Gasteiger partial charge on any atom is -0.346 e. The van der Waals surface area contributed by atoms with Crippen LogP contribution in [-0.2, 0) is 9.59 Å². The summed E-state index contributed by atoms with van der Waals surface area (Å²) >= 11 is 3.33. The molecule has 1 aromatic heterocycles. The van der Waals surface area contributed by atoms with E-state index in [0.717, 1.165) is 0 Å². The van der Waals surface area contributed by atoms with Gasteiger partial charge in [0.05, 0.1) is 18.3 Å². The van der Waals surface area contributed by atoms with Gasteiger partial charge in [0.15, 0.2) is 0 Å². The van der Waals surface area contributed by atoms with E-state index in [1.54, 1.807) is 36.4 Å². The van der Waals surface area contributed by atoms with Crippen LogP contribution in [0.2, 0.25) is 0 Å². The molecule has 0 fully saturated rings. The van der Waals surface area contributed by atoms with Crippen molar-refractivity contribution in [3.8, 4) is 0 Å². The zero-order valence-corrected chi connectivity index (χ0v) is 18.5. The molecule has 9 heteroatoms. The molecule has 0 saturated heterocycles. The molecule has 4 N–H and O–H groups in total. The fourth-order valence-corrected chi connectivity index (χ4v) is 2.92. The summed E-state index contributed by atoms with van der Waals surface area (Å²) in [6.45, 7) is 3.69. The number of anilines is 1. The third kappa shape index (κ3) is 7.56. The Balaban J connectivity index is 0.00000420. The van der Waals surface area contributed by atoms with Crippen molar-refractivity contribution in [2.45, 2.75) is 26.3 Å². The zero-order valence-electron chi connectivity index (χ0n) is 16.1. The van der Waals surface area contributed by atoms with Crippen LogP contribution in [0.3, 0.4) is 0 Å². The van der Waals surface area contributed by atoms with Crippen molar-refractivity contribution < 1.29 is 14.4 Å². The quantitative estimate of drug-likeness (QED) is 0.500. The van der Waals surface area contributed by atoms with Gasteiger partial charge in [0.25, 0.3) is 0 Å². The highest BCUT2D eigenvalue weighted by atomic mass is 79.9. The number of carbonyl (C=O) groups excluding carboxylic acids is 3. The Morgan fingerprint density at radius 1 is 1.17 bits per heavy atom. The number of aromatic nitrogens is 1. The number of pyridine rings is 1. The molecule has 0 aliphatic heterocycles. The maximum Gasteiger partial charge on any atom is 0.243 e. The first-order chi connectivity index (χ1) is 13.3. The number of hydrogen-bond acceptors (Lipinski definition) is 5. The molecular formula is C20H24BrClN4O3. The molecule has 0 aliphatic carbocycles. The van der Waals surface area contributed by atoms with Gasteiger partial charge in [0.1, 0.15) is 5.69 Å². The first-order valence-electron chi connectivity index (χ1n) is 8.86. The first kappa shape index (κ1) is 24.7. The molecule has 0 saturated carbocycles. The van der Waals surface area contributed by atoms with Gasteiger partial charge in [-0.2, -0.15) is 0 Å². The molecule has 0 radical (unpaired) electrons. The van der Waals surface area contributed by atoms with E-state index in [9.17, 15) is 14.4 Å². The van der Waals surface area contributed by atoms with Crippen molar-refractivity contribution in [1.29, 1.82) is 0 Å². The molecule has 29 heavy (non-hydrogen) atoms. The lowest BCUT2D eigenvalue weighted by atomic mass is 10.0. The first-order valence-corrected chi connectivity index (χ1v) is 9.65. The number of nitrogens with zero attached hydrogens (tertiary/aromatic N) is 1. The number of hydrogen-bond donors (Lipinski definition) is 3. The fraction of sp³-hybridized carbons (Fsp3) is 0.300. The maximum absolute atomic E-state index is 12.7. The van der Waals surface area contributed by atoms with Gasteiger partial charge in [-0.05, 0) is 42.7 Å². The van der Waals surface area contributed by atoms with E-state index in [4.69, 9.17) is 5.73 Å². The van der Waals surface area contributed by atoms with Crippen LogP contribution in [0.1, 0.15) is 36.3 Å². The molecule has 1 aromatic carbocycles. The monoisotopic (exact) mass is 482 g/mol. The van der Waals surface area contributed by atoms with Crippen LogP contribution in [0.15, 0.2) is 47.1 Å². The molecule has 2 aromatic rings. The Bertz CT molecular complexity index is 862. The maximum atomic E-state index is 12.7. The summed E-state index contributed by atoms with van der Waals surface area (Å²) in [5, 5.41) is 5.18. The summed E-state index contributed by atoms with van der Waals surface area (Å²) in [4.78, 5) is 41.0. The van der Waals surface area contributed by atoms with E-state index < -0.39 is 11.9 Å². The van der Waals surface area contributed by atoms with Crippen molar-refractivity contribution in [2.24, 2.45) is 11.7 Å². The highest BCUT2D eigenvalue weighted by molar-refractivity contribution is 9.10. The third-order valence-electron chi connectivity index (χ3n) is 3.88. The predicted octanol–water partition coefficient (Wildman–Crippen LogP) is 2.93. The van der Waals surface area contributed by atoms with Crippen molar-refractivity contribution >= 4 is 51.6 Å². The van der Waals surface area contributed by atoms with Crippen LogP contribution in [0.25, 0.3) is 0 Å². The molecule has 0 unspecified atom stereocenters. The largest absolute Gasteiger partial charge is 0.346 e. The highest BCUT2D eigenvalue weighted by Gasteiger charge is 2.18. The zero-order chi connectivity index (χ0) is 20.7. The van der Waals surface area contributed by atoms with Crippen molar-refractivity contribution in [1.82, 2.24) is 10.3 Å². The van der Waals surface area contributed by atoms with Crippen molar-refractivity contribution in [3.05, 3.63) is 58.3 Å². The van der Waals surface area contributed by atoms with Crippen LogP contribution < -0.4 is 16.4 Å². The Labute approximate surface area is 184 Å². The normalized spacial score (nSPS) is 11.3. The van der Waals surface area contributed by atoms with Gasteiger partial charge in [0, 0.05) is 16.2 Å². The summed E-state index contributed by atoms with van der Waals surface area (Å²) < 4.78 is 0.692. The van der Waals surface area contributed by atoms with E-state index in [-0.39, 0.29) is 42.3 Å². The van der Waals surface area contributed by atoms with Gasteiger partial charge in [-0.25, -0.2) is 0 Å². The van der Waals surface area contributed by atoms with Gasteiger partial charge in [-0.3, -0.25) is 19.4 Å². The van der Waals surface area contributed by atoms with E-state index in [0.29, 0.717) is 22.1 Å². The molecule has 7 nitrogen and oxygen atoms in total. The second-order valence-electron chi connectivity index (χ2n) is 6.74. The molecule has 1 atom stereocenters. The van der Waals surface area contributed by atoms with E-state index >= 15 is 0 Å². The van der Waals surface area contributed by atoms with Gasteiger partial charge in [-0.1, -0.05) is 35.8 Å². The van der Waals surface area contributed by atoms with E-state index in [1.807, 2.05) is 13.8 Å². The fourth-order valence-electron chi connectivity index (χ4n) is 2.56. The van der Waals surface area contributed by atoms with Crippen LogP contribution >= 0.6 is 28.3 Å². The van der Waals surface area contributed by atoms with Crippen LogP contribution in [0.4, 0.5) is 5.69 Å². The molecule has 2 amide bonds. The lowest BCUT2D eigenvalue weighted by Crippen LogP contribution is -2.44. The minimum absolute atomic E-state index is 0. The van der Waals surface area contributed by atoms with Crippen LogP contribution in [-0.4, -0.2) is 35.2 Å². The summed E-state index contributed by atoms with van der Waals surface area (Å²) in [5.41, 5.74) is 6.70. The third-order valence-corrected chi connectivity index (χ3v) is 4.38. The average molecular weight is 484 g/mol. The summed E-state index contributed by atoms with van der Waals surface area (Å²) in [5.74, 6) is -0.885. The Morgan fingerprint density at radius 3 is 2.52 bits per heavy atom. The predicted molar refractivity (Wildman–Crippen MR) is 118 cm³/mol. The van der Waals surface area contributed by atoms with E-state index in [1.165, 1.54) is 6.20 Å². The highest BCUT2D eigenvalue weighted by Crippen LogP contribution is 2.23. The lowest BCUT2D eigenvalue weighted by Gasteiger charge is -2.15. The molecule has 0 bridgehead atoms. The number of benzene rings is 1. The van der Waals surface area contributed by atoms with Crippen LogP contribution in [0.5, 0.6) is 0 Å². The van der Waals surface area contributed by atoms with Gasteiger partial charge >= 0.3 is 0 Å². The van der Waals surface area contributed by atoms with Gasteiger partial charge in [0.2, 0.25) is 17.6 Å².